The molecule has 9 heteroatoms. The van der Waals surface area contributed by atoms with E-state index < -0.39 is 47.8 Å². The Morgan fingerprint density at radius 1 is 1.13 bits per heavy atom. The molecule has 2 aromatic carbocycles. The molecule has 2 aliphatic rings. The summed E-state index contributed by atoms with van der Waals surface area (Å²) in [7, 11) is 0. The summed E-state index contributed by atoms with van der Waals surface area (Å²) in [6, 6.07) is 17.8. The molecule has 1 aliphatic heterocycles. The van der Waals surface area contributed by atoms with Crippen molar-refractivity contribution in [1.82, 2.24) is 4.98 Å². The zero-order valence-electron chi connectivity index (χ0n) is 20.8. The third-order valence-corrected chi connectivity index (χ3v) is 8.02. The number of aliphatic hydroxyl groups is 1. The van der Waals surface area contributed by atoms with Crippen molar-refractivity contribution in [2.45, 2.75) is 56.2 Å². The van der Waals surface area contributed by atoms with Gasteiger partial charge in [0.05, 0.1) is 11.4 Å². The summed E-state index contributed by atoms with van der Waals surface area (Å²) in [5.41, 5.74) is -0.209. The fraction of sp³-hybridized carbons (Fsp3) is 0.345. The molecule has 3 unspecified atom stereocenters. The van der Waals surface area contributed by atoms with Crippen LogP contribution < -0.4 is 10.6 Å². The molecule has 0 saturated heterocycles. The van der Waals surface area contributed by atoms with Gasteiger partial charge in [0, 0.05) is 29.3 Å². The molecule has 2 amide bonds. The largest absolute Gasteiger partial charge is 0.417 e. The van der Waals surface area contributed by atoms with Gasteiger partial charge >= 0.3 is 6.18 Å². The molecule has 5 rings (SSSR count). The van der Waals surface area contributed by atoms with Crippen LogP contribution in [0.1, 0.15) is 52.9 Å². The number of carbonyl (C=O) groups is 2. The van der Waals surface area contributed by atoms with Crippen LogP contribution in [0.2, 0.25) is 0 Å². The predicted molar refractivity (Wildman–Crippen MR) is 137 cm³/mol. The lowest BCUT2D eigenvalue weighted by Crippen LogP contribution is -2.55. The molecule has 3 N–H and O–H groups in total. The number of anilines is 2. The zero-order chi connectivity index (χ0) is 27.1. The average Bonchev–Trinajstić information content (AvgIpc) is 2.98. The van der Waals surface area contributed by atoms with Crippen LogP contribution in [0.3, 0.4) is 0 Å². The Morgan fingerprint density at radius 3 is 2.61 bits per heavy atom. The number of halogens is 3. The second-order valence-corrected chi connectivity index (χ2v) is 10.4. The van der Waals surface area contributed by atoms with Crippen molar-refractivity contribution in [3.8, 4) is 0 Å². The van der Waals surface area contributed by atoms with E-state index in [-0.39, 0.29) is 12.8 Å². The van der Waals surface area contributed by atoms with E-state index in [1.807, 2.05) is 30.3 Å². The van der Waals surface area contributed by atoms with E-state index in [9.17, 15) is 27.9 Å². The molecule has 1 aromatic heterocycles. The molecule has 1 saturated carbocycles. The van der Waals surface area contributed by atoms with E-state index >= 15 is 0 Å². The highest BCUT2D eigenvalue weighted by Crippen LogP contribution is 2.56. The second-order valence-electron chi connectivity index (χ2n) is 10.4. The number of aromatic nitrogens is 1. The van der Waals surface area contributed by atoms with E-state index in [0.29, 0.717) is 34.6 Å². The first kappa shape index (κ1) is 25.9. The molecule has 1 fully saturated rings. The number of fused-ring (bicyclic) bond motifs is 3. The monoisotopic (exact) mass is 523 g/mol. The highest BCUT2D eigenvalue weighted by molar-refractivity contribution is 6.06. The standard InChI is InChI=1S/C29H28F3N3O3/c1-18-23(8-5-13-33-18)35-26(37)20-9-10-22-24(14-20)34-25(36)15-21-17-28(38,29(30,31)32)12-11-27(21,22)16-19-6-3-2-4-7-19/h2-10,13-14,21,38H,11-12,15-17H2,1H3,(H,34,36)(H,35,37). The third-order valence-electron chi connectivity index (χ3n) is 8.02. The lowest BCUT2D eigenvalue weighted by atomic mass is 9.56. The topological polar surface area (TPSA) is 91.3 Å². The molecule has 0 bridgehead atoms. The summed E-state index contributed by atoms with van der Waals surface area (Å²) in [6.45, 7) is 1.77. The lowest BCUT2D eigenvalue weighted by Gasteiger charge is -2.50. The van der Waals surface area contributed by atoms with Gasteiger partial charge in [0.2, 0.25) is 5.91 Å². The molecule has 38 heavy (non-hydrogen) atoms. The number of hydrogen-bond acceptors (Lipinski definition) is 4. The fourth-order valence-electron chi connectivity index (χ4n) is 5.97. The molecule has 1 aliphatic carbocycles. The second kappa shape index (κ2) is 9.54. The Labute approximate surface area is 218 Å². The van der Waals surface area contributed by atoms with E-state index in [1.54, 1.807) is 43.5 Å². The van der Waals surface area contributed by atoms with Crippen molar-refractivity contribution in [3.05, 3.63) is 89.2 Å². The highest BCUT2D eigenvalue weighted by Gasteiger charge is 2.61. The predicted octanol–water partition coefficient (Wildman–Crippen LogP) is 5.56. The first-order valence-electron chi connectivity index (χ1n) is 12.5. The van der Waals surface area contributed by atoms with Gasteiger partial charge in [0.1, 0.15) is 0 Å². The molecule has 3 atom stereocenters. The molecule has 2 heterocycles. The smallest absolute Gasteiger partial charge is 0.380 e. The normalized spacial score (nSPS) is 25.0. The molecule has 0 radical (unpaired) electrons. The zero-order valence-corrected chi connectivity index (χ0v) is 20.8. The Morgan fingerprint density at radius 2 is 1.89 bits per heavy atom. The van der Waals surface area contributed by atoms with Crippen molar-refractivity contribution in [1.29, 1.82) is 0 Å². The van der Waals surface area contributed by atoms with Crippen molar-refractivity contribution >= 4 is 23.2 Å². The average molecular weight is 524 g/mol. The molecule has 0 spiro atoms. The summed E-state index contributed by atoms with van der Waals surface area (Å²) in [6.07, 6.45) is -3.97. The Hall–Kier alpha value is -3.72. The van der Waals surface area contributed by atoms with Crippen LogP contribution in [0.15, 0.2) is 66.9 Å². The summed E-state index contributed by atoms with van der Waals surface area (Å²) >= 11 is 0. The van der Waals surface area contributed by atoms with Gasteiger partial charge in [-0.15, -0.1) is 0 Å². The number of amides is 2. The molecular formula is C29H28F3N3O3. The maximum atomic E-state index is 13.9. The van der Waals surface area contributed by atoms with Crippen molar-refractivity contribution < 1.29 is 27.9 Å². The minimum atomic E-state index is -4.80. The number of alkyl halides is 3. The number of hydrogen-bond donors (Lipinski definition) is 3. The van der Waals surface area contributed by atoms with E-state index in [4.69, 9.17) is 0 Å². The summed E-state index contributed by atoms with van der Waals surface area (Å²) in [5, 5.41) is 16.3. The van der Waals surface area contributed by atoms with E-state index in [1.165, 1.54) is 0 Å². The van der Waals surface area contributed by atoms with Crippen molar-refractivity contribution in [3.63, 3.8) is 0 Å². The van der Waals surface area contributed by atoms with Crippen LogP contribution in [0.25, 0.3) is 0 Å². The molecule has 3 aromatic rings. The minimum Gasteiger partial charge on any atom is -0.380 e. The number of benzene rings is 2. The van der Waals surface area contributed by atoms with Gasteiger partial charge in [0.25, 0.3) is 5.91 Å². The molecule has 6 nitrogen and oxygen atoms in total. The van der Waals surface area contributed by atoms with E-state index in [0.717, 1.165) is 5.56 Å². The molecular weight excluding hydrogens is 495 g/mol. The van der Waals surface area contributed by atoms with Gasteiger partial charge in [-0.2, -0.15) is 13.2 Å². The maximum Gasteiger partial charge on any atom is 0.417 e. The van der Waals surface area contributed by atoms with Gasteiger partial charge in [-0.05, 0) is 73.9 Å². The van der Waals surface area contributed by atoms with Crippen LogP contribution in [-0.4, -0.2) is 33.7 Å². The van der Waals surface area contributed by atoms with Crippen LogP contribution in [0, 0.1) is 12.8 Å². The highest BCUT2D eigenvalue weighted by atomic mass is 19.4. The van der Waals surface area contributed by atoms with Gasteiger partial charge in [0.15, 0.2) is 5.60 Å². The van der Waals surface area contributed by atoms with Gasteiger partial charge in [-0.1, -0.05) is 36.4 Å². The minimum absolute atomic E-state index is 0.0327. The number of nitrogens with one attached hydrogen (secondary N) is 2. The van der Waals surface area contributed by atoms with E-state index in [2.05, 4.69) is 15.6 Å². The Bertz CT molecular complexity index is 1380. The molecule has 198 valence electrons. The van der Waals surface area contributed by atoms with Crippen LogP contribution >= 0.6 is 0 Å². The number of carbonyl (C=O) groups excluding carboxylic acids is 2. The van der Waals surface area contributed by atoms with Crippen LogP contribution in [0.5, 0.6) is 0 Å². The first-order chi connectivity index (χ1) is 18.0. The van der Waals surface area contributed by atoms with Crippen molar-refractivity contribution in [2.24, 2.45) is 5.92 Å². The number of nitrogens with zero attached hydrogens (tertiary/aromatic N) is 1. The number of aryl methyl sites for hydroxylation is 1. The fourth-order valence-corrected chi connectivity index (χ4v) is 5.97. The third kappa shape index (κ3) is 4.67. The summed E-state index contributed by atoms with van der Waals surface area (Å²) < 4.78 is 41.6. The van der Waals surface area contributed by atoms with Crippen molar-refractivity contribution in [2.75, 3.05) is 10.6 Å². The summed E-state index contributed by atoms with van der Waals surface area (Å²) in [4.78, 5) is 30.2. The summed E-state index contributed by atoms with van der Waals surface area (Å²) in [5.74, 6) is -1.61. The quantitative estimate of drug-likeness (QED) is 0.418. The SMILES string of the molecule is Cc1ncccc1NC(=O)c1ccc2c(c1)NC(=O)CC1CC(O)(C(F)(F)F)CCC21Cc1ccccc1. The van der Waals surface area contributed by atoms with Gasteiger partial charge in [-0.3, -0.25) is 14.6 Å². The number of pyridine rings is 1. The lowest BCUT2D eigenvalue weighted by molar-refractivity contribution is -0.279. The Balaban J connectivity index is 1.57. The van der Waals surface area contributed by atoms with Crippen LogP contribution in [0.4, 0.5) is 24.5 Å². The maximum absolute atomic E-state index is 13.9. The Kier molecular flexibility index (Phi) is 6.51. The first-order valence-corrected chi connectivity index (χ1v) is 12.5. The van der Waals surface area contributed by atoms with Gasteiger partial charge < -0.3 is 15.7 Å². The van der Waals surface area contributed by atoms with Crippen LogP contribution in [-0.2, 0) is 16.6 Å². The number of rotatable bonds is 4. The van der Waals surface area contributed by atoms with Gasteiger partial charge in [-0.25, -0.2) is 0 Å².